The van der Waals surface area contributed by atoms with E-state index in [1.165, 1.54) is 11.1 Å². The van der Waals surface area contributed by atoms with Crippen LogP contribution in [-0.2, 0) is 44.4 Å². The number of hydrogen-bond donors (Lipinski definition) is 0. The smallest absolute Gasteiger partial charge is 0.318 e. The predicted molar refractivity (Wildman–Crippen MR) is 169 cm³/mol. The van der Waals surface area contributed by atoms with E-state index in [0.29, 0.717) is 42.8 Å². The largest absolute Gasteiger partial charge is 0.461 e. The quantitative estimate of drug-likeness (QED) is 0.390. The molecule has 6 heterocycles. The van der Waals surface area contributed by atoms with Crippen molar-refractivity contribution in [3.8, 4) is 12.1 Å². The fraction of sp³-hybridized carbons (Fsp3) is 0.588. The van der Waals surface area contributed by atoms with Crippen molar-refractivity contribution in [1.29, 1.82) is 5.26 Å². The van der Waals surface area contributed by atoms with Crippen LogP contribution >= 0.6 is 11.6 Å². The van der Waals surface area contributed by atoms with Gasteiger partial charge in [0.15, 0.2) is 0 Å². The van der Waals surface area contributed by atoms with E-state index < -0.39 is 6.17 Å². The summed E-state index contributed by atoms with van der Waals surface area (Å²) in [5.41, 5.74) is 6.13. The second kappa shape index (κ2) is 11.2. The van der Waals surface area contributed by atoms with Gasteiger partial charge in [-0.1, -0.05) is 35.9 Å². The van der Waals surface area contributed by atoms with Crippen LogP contribution in [0.15, 0.2) is 24.3 Å². The van der Waals surface area contributed by atoms with Gasteiger partial charge in [0.2, 0.25) is 0 Å². The van der Waals surface area contributed by atoms with E-state index in [-0.39, 0.29) is 17.5 Å². The van der Waals surface area contributed by atoms with Crippen molar-refractivity contribution in [2.24, 2.45) is 0 Å². The average molecular weight is 631 g/mol. The van der Waals surface area contributed by atoms with Crippen molar-refractivity contribution in [2.75, 3.05) is 38.2 Å². The molecular formula is C34H40ClFN8O. The SMILES string of the molecule is CN1Cc2c(nc(OC[C@@]34CCCN3C[C@H](F)C4)nc2N2CCCn3nc(CC#N)c(Cl)c3C2)C[C@]12CCCc1ccccc12. The molecule has 2 aromatic heterocycles. The summed E-state index contributed by atoms with van der Waals surface area (Å²) in [6.45, 7) is 4.60. The Balaban J connectivity index is 1.19. The van der Waals surface area contributed by atoms with Gasteiger partial charge in [0.25, 0.3) is 0 Å². The zero-order valence-corrected chi connectivity index (χ0v) is 26.7. The molecule has 0 unspecified atom stereocenters. The minimum atomic E-state index is -0.812. The summed E-state index contributed by atoms with van der Waals surface area (Å²) in [7, 11) is 2.24. The number of hydrogen-bond acceptors (Lipinski definition) is 8. The standard InChI is InChI=1S/C34H40ClFN8O/c1-41-20-25-28(18-34(41)12-4-8-23-7-2-3-9-26(23)34)38-32(45-22-33-11-5-15-43(33)19-24(36)17-33)39-31(25)42-14-6-16-44-29(21-42)30(35)27(40-44)10-13-37/h2-3,7,9,24H,4-6,8,10-12,14-22H2,1H3/t24-,33+,34+/m1/s1. The number of aryl methyl sites for hydroxylation is 2. The molecule has 1 spiro atoms. The summed E-state index contributed by atoms with van der Waals surface area (Å²) >= 11 is 6.81. The van der Waals surface area contributed by atoms with Crippen molar-refractivity contribution >= 4 is 17.4 Å². The average Bonchev–Trinajstić information content (AvgIpc) is 3.59. The first-order valence-electron chi connectivity index (χ1n) is 16.5. The van der Waals surface area contributed by atoms with E-state index in [1.54, 1.807) is 0 Å². The maximum Gasteiger partial charge on any atom is 0.318 e. The molecule has 11 heteroatoms. The van der Waals surface area contributed by atoms with Gasteiger partial charge in [-0.3, -0.25) is 14.5 Å². The number of aromatic nitrogens is 4. The molecule has 0 saturated carbocycles. The van der Waals surface area contributed by atoms with Crippen molar-refractivity contribution < 1.29 is 9.13 Å². The minimum Gasteiger partial charge on any atom is -0.461 e. The first-order valence-corrected chi connectivity index (χ1v) is 16.8. The molecule has 5 aliphatic rings. The van der Waals surface area contributed by atoms with Gasteiger partial charge < -0.3 is 9.64 Å². The summed E-state index contributed by atoms with van der Waals surface area (Å²) in [6, 6.07) is 11.5. The van der Waals surface area contributed by atoms with Crippen LogP contribution in [-0.4, -0.2) is 74.5 Å². The van der Waals surface area contributed by atoms with Crippen LogP contribution in [0.4, 0.5) is 10.2 Å². The Morgan fingerprint density at radius 3 is 2.89 bits per heavy atom. The van der Waals surface area contributed by atoms with Gasteiger partial charge in [0.05, 0.1) is 52.2 Å². The van der Waals surface area contributed by atoms with E-state index in [4.69, 9.17) is 26.3 Å². The van der Waals surface area contributed by atoms with Crippen LogP contribution < -0.4 is 9.64 Å². The molecule has 0 N–H and O–H groups in total. The van der Waals surface area contributed by atoms with Crippen LogP contribution in [0.2, 0.25) is 5.02 Å². The Morgan fingerprint density at radius 2 is 2.00 bits per heavy atom. The number of anilines is 1. The zero-order chi connectivity index (χ0) is 30.8. The number of alkyl halides is 1. The van der Waals surface area contributed by atoms with Gasteiger partial charge in [-0.2, -0.15) is 20.3 Å². The maximum absolute atomic E-state index is 14.6. The first kappa shape index (κ1) is 29.2. The minimum absolute atomic E-state index is 0.133. The highest BCUT2D eigenvalue weighted by Crippen LogP contribution is 2.47. The molecule has 0 amide bonds. The zero-order valence-electron chi connectivity index (χ0n) is 25.9. The van der Waals surface area contributed by atoms with Gasteiger partial charge >= 0.3 is 6.01 Å². The monoisotopic (exact) mass is 630 g/mol. The van der Waals surface area contributed by atoms with Gasteiger partial charge in [0, 0.05) is 44.6 Å². The van der Waals surface area contributed by atoms with E-state index in [1.807, 2.05) is 4.68 Å². The second-order valence-corrected chi connectivity index (χ2v) is 14.1. The number of nitrogens with zero attached hydrogens (tertiary/aromatic N) is 8. The molecule has 9 nitrogen and oxygen atoms in total. The molecule has 8 rings (SSSR count). The summed E-state index contributed by atoms with van der Waals surface area (Å²) in [4.78, 5) is 17.4. The predicted octanol–water partition coefficient (Wildman–Crippen LogP) is 4.98. The maximum atomic E-state index is 14.6. The first-order chi connectivity index (χ1) is 21.9. The Hall–Kier alpha value is -3.26. The van der Waals surface area contributed by atoms with Crippen LogP contribution in [0.5, 0.6) is 6.01 Å². The molecular weight excluding hydrogens is 591 g/mol. The van der Waals surface area contributed by atoms with Crippen molar-refractivity contribution in [3.63, 3.8) is 0 Å². The Labute approximate surface area is 268 Å². The van der Waals surface area contributed by atoms with Crippen LogP contribution in [0, 0.1) is 11.3 Å². The Bertz CT molecular complexity index is 1670. The van der Waals surface area contributed by atoms with E-state index in [9.17, 15) is 9.65 Å². The summed E-state index contributed by atoms with van der Waals surface area (Å²) in [6.07, 6.45) is 6.86. The molecule has 3 atom stereocenters. The van der Waals surface area contributed by atoms with Crippen molar-refractivity contribution in [1.82, 2.24) is 29.5 Å². The molecule has 0 bridgehead atoms. The van der Waals surface area contributed by atoms with E-state index in [0.717, 1.165) is 93.9 Å². The summed E-state index contributed by atoms with van der Waals surface area (Å²) < 4.78 is 23.1. The highest BCUT2D eigenvalue weighted by Gasteiger charge is 2.50. The molecule has 2 fully saturated rings. The number of likely N-dealkylation sites (N-methyl/N-ethyl adjacent to an activating group) is 1. The molecule has 0 radical (unpaired) electrons. The normalized spacial score (nSPS) is 27.9. The molecule has 1 aliphatic carbocycles. The number of benzene rings is 1. The fourth-order valence-electron chi connectivity index (χ4n) is 8.96. The van der Waals surface area contributed by atoms with E-state index in [2.05, 4.69) is 57.2 Å². The lowest BCUT2D eigenvalue weighted by atomic mass is 9.71. The third-order valence-electron chi connectivity index (χ3n) is 11.2. The van der Waals surface area contributed by atoms with Gasteiger partial charge in [-0.25, -0.2) is 4.39 Å². The lowest BCUT2D eigenvalue weighted by molar-refractivity contribution is 0.0714. The third-order valence-corrected chi connectivity index (χ3v) is 11.6. The van der Waals surface area contributed by atoms with Gasteiger partial charge in [-0.05, 0) is 63.2 Å². The van der Waals surface area contributed by atoms with Crippen molar-refractivity contribution in [2.45, 2.75) is 94.7 Å². The summed E-state index contributed by atoms with van der Waals surface area (Å²) in [5.74, 6) is 0.879. The fourth-order valence-corrected chi connectivity index (χ4v) is 9.22. The summed E-state index contributed by atoms with van der Waals surface area (Å²) in [5, 5.41) is 14.6. The highest BCUT2D eigenvalue weighted by atomic mass is 35.5. The molecule has 4 aliphatic heterocycles. The molecule has 45 heavy (non-hydrogen) atoms. The number of halogens is 2. The lowest BCUT2D eigenvalue weighted by Crippen LogP contribution is -2.51. The molecule has 2 saturated heterocycles. The van der Waals surface area contributed by atoms with E-state index >= 15 is 0 Å². The Kier molecular flexibility index (Phi) is 7.27. The topological polar surface area (TPSA) is 86.3 Å². The van der Waals surface area contributed by atoms with Crippen LogP contribution in [0.1, 0.15) is 72.3 Å². The molecule has 3 aromatic rings. The number of rotatable bonds is 5. The van der Waals surface area contributed by atoms with Crippen LogP contribution in [0.3, 0.4) is 0 Å². The van der Waals surface area contributed by atoms with Gasteiger partial charge in [0.1, 0.15) is 18.6 Å². The lowest BCUT2D eigenvalue weighted by Gasteiger charge is -2.49. The number of fused-ring (bicyclic) bond motifs is 5. The Morgan fingerprint density at radius 1 is 1.11 bits per heavy atom. The van der Waals surface area contributed by atoms with Crippen LogP contribution in [0.25, 0.3) is 0 Å². The number of ether oxygens (including phenoxy) is 1. The second-order valence-electron chi connectivity index (χ2n) is 13.7. The highest BCUT2D eigenvalue weighted by molar-refractivity contribution is 6.32. The molecule has 1 aromatic carbocycles. The van der Waals surface area contributed by atoms with Gasteiger partial charge in [-0.15, -0.1) is 0 Å². The molecule has 236 valence electrons. The number of nitriles is 1. The third kappa shape index (κ3) is 4.81. The van der Waals surface area contributed by atoms with Crippen molar-refractivity contribution in [3.05, 3.63) is 63.1 Å².